The summed E-state index contributed by atoms with van der Waals surface area (Å²) in [4.78, 5) is 34.0. The fourth-order valence-corrected chi connectivity index (χ4v) is 4.31. The van der Waals surface area contributed by atoms with Gasteiger partial charge in [0.25, 0.3) is 11.7 Å². The molecule has 0 bridgehead atoms. The minimum atomic E-state index is -0.722. The van der Waals surface area contributed by atoms with E-state index in [2.05, 4.69) is 23.7 Å². The van der Waals surface area contributed by atoms with Crippen LogP contribution in [0.25, 0.3) is 5.76 Å². The van der Waals surface area contributed by atoms with Gasteiger partial charge in [0.2, 0.25) is 0 Å². The summed E-state index contributed by atoms with van der Waals surface area (Å²) < 4.78 is 5.45. The molecule has 0 radical (unpaired) electrons. The first-order valence-electron chi connectivity index (χ1n) is 11.3. The van der Waals surface area contributed by atoms with E-state index in [4.69, 9.17) is 16.3 Å². The van der Waals surface area contributed by atoms with Gasteiger partial charge in [0.05, 0.1) is 23.2 Å². The predicted octanol–water partition coefficient (Wildman–Crippen LogP) is 4.29. The van der Waals surface area contributed by atoms with Crippen molar-refractivity contribution in [1.82, 2.24) is 14.8 Å². The summed E-state index contributed by atoms with van der Waals surface area (Å²) in [5.41, 5.74) is 1.05. The molecule has 1 aromatic carbocycles. The molecule has 176 valence electrons. The number of likely N-dealkylation sites (tertiary alicyclic amines) is 1. The molecule has 8 heteroatoms. The van der Waals surface area contributed by atoms with E-state index in [0.29, 0.717) is 41.5 Å². The maximum absolute atomic E-state index is 13.1. The molecule has 0 aliphatic carbocycles. The van der Waals surface area contributed by atoms with Crippen LogP contribution in [0.15, 0.2) is 48.3 Å². The molecule has 1 aliphatic heterocycles. The fraction of sp³-hybridized carbons (Fsp3) is 0.400. The number of carbonyl (C=O) groups excluding carboxylic acids is 2. The molecule has 1 fully saturated rings. The lowest BCUT2D eigenvalue weighted by Gasteiger charge is -2.26. The van der Waals surface area contributed by atoms with Crippen LogP contribution in [0.1, 0.15) is 44.4 Å². The van der Waals surface area contributed by atoms with Gasteiger partial charge < -0.3 is 19.6 Å². The standard InChI is InChI=1S/C25H30ClN3O4/c1-4-28(5-2)13-8-14-29-22(18-9-7-12-27-16-18)21(24(31)25(29)32)23(30)17-10-11-20(33-6-3)19(26)15-17/h7,9-12,15-16,22,30H,4-6,8,13-14H2,1-3H3/b23-21+/t22-/m0/s1. The summed E-state index contributed by atoms with van der Waals surface area (Å²) in [6.07, 6.45) is 3.95. The molecular formula is C25H30ClN3O4. The largest absolute Gasteiger partial charge is 0.507 e. The van der Waals surface area contributed by atoms with E-state index in [-0.39, 0.29) is 11.3 Å². The second kappa shape index (κ2) is 11.3. The van der Waals surface area contributed by atoms with Gasteiger partial charge >= 0.3 is 0 Å². The van der Waals surface area contributed by atoms with E-state index in [1.807, 2.05) is 6.92 Å². The summed E-state index contributed by atoms with van der Waals surface area (Å²) >= 11 is 6.30. The summed E-state index contributed by atoms with van der Waals surface area (Å²) in [5.74, 6) is -1.12. The molecule has 1 aliphatic rings. The smallest absolute Gasteiger partial charge is 0.295 e. The molecule has 2 aromatic rings. The van der Waals surface area contributed by atoms with Crippen LogP contribution in [0.3, 0.4) is 0 Å². The molecular weight excluding hydrogens is 442 g/mol. The van der Waals surface area contributed by atoms with Crippen LogP contribution in [0.4, 0.5) is 0 Å². The van der Waals surface area contributed by atoms with Gasteiger partial charge in [0.15, 0.2) is 0 Å². The third-order valence-electron chi connectivity index (χ3n) is 5.81. The maximum Gasteiger partial charge on any atom is 0.295 e. The number of pyridine rings is 1. The minimum absolute atomic E-state index is 0.0380. The van der Waals surface area contributed by atoms with Crippen molar-refractivity contribution in [3.05, 3.63) is 64.4 Å². The summed E-state index contributed by atoms with van der Waals surface area (Å²) in [5, 5.41) is 11.5. The first kappa shape index (κ1) is 24.7. The summed E-state index contributed by atoms with van der Waals surface area (Å²) in [6.45, 7) is 9.51. The molecule has 0 saturated carbocycles. The van der Waals surface area contributed by atoms with Gasteiger partial charge in [-0.3, -0.25) is 14.6 Å². The highest BCUT2D eigenvalue weighted by molar-refractivity contribution is 6.46. The fourth-order valence-electron chi connectivity index (χ4n) is 4.08. The van der Waals surface area contributed by atoms with Crippen molar-refractivity contribution in [1.29, 1.82) is 0 Å². The Balaban J connectivity index is 2.01. The van der Waals surface area contributed by atoms with E-state index in [1.165, 1.54) is 11.0 Å². The van der Waals surface area contributed by atoms with E-state index in [9.17, 15) is 14.7 Å². The van der Waals surface area contributed by atoms with Gasteiger partial charge in [-0.25, -0.2) is 0 Å². The number of ketones is 1. The number of ether oxygens (including phenoxy) is 1. The second-order valence-corrected chi connectivity index (χ2v) is 8.14. The van der Waals surface area contributed by atoms with Crippen LogP contribution < -0.4 is 4.74 Å². The lowest BCUT2D eigenvalue weighted by molar-refractivity contribution is -0.140. The number of aromatic nitrogens is 1. The summed E-state index contributed by atoms with van der Waals surface area (Å²) in [7, 11) is 0. The predicted molar refractivity (Wildman–Crippen MR) is 128 cm³/mol. The Bertz CT molecular complexity index is 1020. The van der Waals surface area contributed by atoms with E-state index >= 15 is 0 Å². The van der Waals surface area contributed by atoms with Crippen LogP contribution >= 0.6 is 11.6 Å². The van der Waals surface area contributed by atoms with Crippen molar-refractivity contribution >= 4 is 29.1 Å². The number of hydrogen-bond acceptors (Lipinski definition) is 6. The molecule has 0 spiro atoms. The van der Waals surface area contributed by atoms with Crippen molar-refractivity contribution in [3.63, 3.8) is 0 Å². The number of amides is 1. The Hall–Kier alpha value is -2.90. The van der Waals surface area contributed by atoms with Crippen LogP contribution in [-0.4, -0.2) is 64.4 Å². The molecule has 7 nitrogen and oxygen atoms in total. The van der Waals surface area contributed by atoms with Crippen molar-refractivity contribution in [2.45, 2.75) is 33.2 Å². The van der Waals surface area contributed by atoms with E-state index in [1.54, 1.807) is 36.7 Å². The van der Waals surface area contributed by atoms with Crippen LogP contribution in [0, 0.1) is 0 Å². The normalized spacial score (nSPS) is 17.7. The number of halogens is 1. The van der Waals surface area contributed by atoms with Crippen LogP contribution in [-0.2, 0) is 9.59 Å². The van der Waals surface area contributed by atoms with E-state index < -0.39 is 17.7 Å². The Morgan fingerprint density at radius 3 is 2.58 bits per heavy atom. The highest BCUT2D eigenvalue weighted by atomic mass is 35.5. The van der Waals surface area contributed by atoms with Crippen molar-refractivity contribution in [2.24, 2.45) is 0 Å². The van der Waals surface area contributed by atoms with Crippen LogP contribution in [0.5, 0.6) is 5.75 Å². The Labute approximate surface area is 199 Å². The minimum Gasteiger partial charge on any atom is -0.507 e. The lowest BCUT2D eigenvalue weighted by atomic mass is 9.96. The van der Waals surface area contributed by atoms with Crippen molar-refractivity contribution in [2.75, 3.05) is 32.8 Å². The number of carbonyl (C=O) groups is 2. The highest BCUT2D eigenvalue weighted by Crippen LogP contribution is 2.40. The number of rotatable bonds is 10. The summed E-state index contributed by atoms with van der Waals surface area (Å²) in [6, 6.07) is 7.63. The Kier molecular flexibility index (Phi) is 8.47. The second-order valence-electron chi connectivity index (χ2n) is 7.74. The molecule has 1 atom stereocenters. The average Bonchev–Trinajstić information content (AvgIpc) is 3.08. The molecule has 1 aromatic heterocycles. The first-order chi connectivity index (χ1) is 15.9. The Morgan fingerprint density at radius 1 is 1.21 bits per heavy atom. The van der Waals surface area contributed by atoms with Gasteiger partial charge in [-0.1, -0.05) is 31.5 Å². The SMILES string of the molecule is CCOc1ccc(/C(O)=C2\C(=O)C(=O)N(CCCN(CC)CC)[C@H]2c2cccnc2)cc1Cl. The molecule has 1 amide bonds. The molecule has 3 rings (SSSR count). The number of nitrogens with zero attached hydrogens (tertiary/aromatic N) is 3. The number of aliphatic hydroxyl groups excluding tert-OH is 1. The molecule has 0 unspecified atom stereocenters. The van der Waals surface area contributed by atoms with Crippen molar-refractivity contribution in [3.8, 4) is 5.75 Å². The zero-order chi connectivity index (χ0) is 24.0. The van der Waals surface area contributed by atoms with E-state index in [0.717, 1.165) is 19.6 Å². The zero-order valence-electron chi connectivity index (χ0n) is 19.3. The third kappa shape index (κ3) is 5.37. The van der Waals surface area contributed by atoms with Gasteiger partial charge in [0.1, 0.15) is 11.5 Å². The third-order valence-corrected chi connectivity index (χ3v) is 6.11. The number of hydrogen-bond donors (Lipinski definition) is 1. The van der Waals surface area contributed by atoms with Gasteiger partial charge in [-0.05, 0) is 62.8 Å². The Morgan fingerprint density at radius 2 is 1.97 bits per heavy atom. The highest BCUT2D eigenvalue weighted by Gasteiger charge is 2.45. The number of aliphatic hydroxyl groups is 1. The monoisotopic (exact) mass is 471 g/mol. The van der Waals surface area contributed by atoms with Crippen LogP contribution in [0.2, 0.25) is 5.02 Å². The maximum atomic E-state index is 13.1. The van der Waals surface area contributed by atoms with Gasteiger partial charge in [0, 0.05) is 24.5 Å². The van der Waals surface area contributed by atoms with Gasteiger partial charge in [-0.2, -0.15) is 0 Å². The average molecular weight is 472 g/mol. The first-order valence-corrected chi connectivity index (χ1v) is 11.6. The zero-order valence-corrected chi connectivity index (χ0v) is 20.0. The van der Waals surface area contributed by atoms with Gasteiger partial charge in [-0.15, -0.1) is 0 Å². The number of benzene rings is 1. The molecule has 1 saturated heterocycles. The topological polar surface area (TPSA) is 83.0 Å². The lowest BCUT2D eigenvalue weighted by Crippen LogP contribution is -2.33. The molecule has 2 heterocycles. The van der Waals surface area contributed by atoms with Crippen molar-refractivity contribution < 1.29 is 19.4 Å². The molecule has 33 heavy (non-hydrogen) atoms. The number of Topliss-reactive ketones (excluding diaryl/α,β-unsaturated/α-hetero) is 1. The quantitative estimate of drug-likeness (QED) is 0.316. The molecule has 1 N–H and O–H groups in total.